The van der Waals surface area contributed by atoms with E-state index >= 15 is 4.79 Å². The average molecular weight is 826 g/mol. The summed E-state index contributed by atoms with van der Waals surface area (Å²) in [6, 6.07) is 6.39. The molecule has 15 heteroatoms. The van der Waals surface area contributed by atoms with Gasteiger partial charge in [-0.2, -0.15) is 0 Å². The van der Waals surface area contributed by atoms with Gasteiger partial charge in [0.15, 0.2) is 5.78 Å². The van der Waals surface area contributed by atoms with Gasteiger partial charge < -0.3 is 23.8 Å². The summed E-state index contributed by atoms with van der Waals surface area (Å²) >= 11 is 0. The minimum absolute atomic E-state index is 0.00653. The van der Waals surface area contributed by atoms with Gasteiger partial charge in [0.05, 0.1) is 50.3 Å². The highest BCUT2D eigenvalue weighted by molar-refractivity contribution is 7.91. The Morgan fingerprint density at radius 2 is 1.86 bits per heavy atom. The number of alkyl halides is 1. The molecule has 1 unspecified atom stereocenters. The Bertz CT molecular complexity index is 2050. The topological polar surface area (TPSA) is 167 Å². The molecular weight excluding hydrogens is 770 g/mol. The third kappa shape index (κ3) is 8.48. The van der Waals surface area contributed by atoms with Gasteiger partial charge in [-0.25, -0.2) is 17.8 Å². The molecule has 4 fully saturated rings. The zero-order valence-corrected chi connectivity index (χ0v) is 34.7. The minimum atomic E-state index is -4.34. The number of allylic oxidation sites excluding steroid dienone is 2. The summed E-state index contributed by atoms with van der Waals surface area (Å²) in [7, 11) is -2.79. The van der Waals surface area contributed by atoms with Crippen LogP contribution in [0.25, 0.3) is 10.8 Å². The molecular formula is C43H56FN3O10S. The summed E-state index contributed by atoms with van der Waals surface area (Å²) < 4.78 is 64.6. The number of ether oxygens (including phenoxy) is 4. The van der Waals surface area contributed by atoms with Gasteiger partial charge in [-0.15, -0.1) is 0 Å². The van der Waals surface area contributed by atoms with E-state index in [4.69, 9.17) is 18.9 Å². The van der Waals surface area contributed by atoms with Crippen molar-refractivity contribution in [3.05, 3.63) is 42.6 Å². The summed E-state index contributed by atoms with van der Waals surface area (Å²) in [5, 5.41) is 1.45. The van der Waals surface area contributed by atoms with Crippen LogP contribution in [-0.2, 0) is 38.7 Å². The maximum atomic E-state index is 15.0. The lowest BCUT2D eigenvalue weighted by molar-refractivity contribution is -0.174. The van der Waals surface area contributed by atoms with E-state index in [2.05, 4.69) is 16.6 Å². The summed E-state index contributed by atoms with van der Waals surface area (Å²) in [5.41, 5.74) is -2.21. The normalized spacial score (nSPS) is 33.2. The number of nitrogens with one attached hydrogen (secondary N) is 1. The molecule has 3 aliphatic heterocycles. The molecule has 1 aromatic heterocycles. The molecule has 316 valence electrons. The monoisotopic (exact) mass is 825 g/mol. The maximum Gasteiger partial charge on any atom is 0.307 e. The molecule has 5 aliphatic rings. The van der Waals surface area contributed by atoms with Gasteiger partial charge in [0, 0.05) is 30.2 Å². The van der Waals surface area contributed by atoms with Crippen molar-refractivity contribution in [3.8, 4) is 11.6 Å². The number of benzene rings is 1. The standard InChI is InChI=1S/C43H56FN3O10S/c1-27-10-5-6-11-29-21-43(29,40(51)46-58(52,53)42(25-44)15-16-42)22-35(48)34-19-30(56-38-32-13-8-7-12-31(32)36(54-4)23-45-38)24-47(34)39(50)33(28(2)18-27)20-37(49)57-41(3)14-9-17-55-26-41/h6-8,11-13,23,27-30,33-34H,5,9-10,14-22,24-26H2,1-4H3,(H,46,51)/b11-6-/t27-,28-,29-,30-,33+,34+,41?,43-/m1/s1. The lowest BCUT2D eigenvalue weighted by atomic mass is 9.82. The lowest BCUT2D eigenvalue weighted by Gasteiger charge is -2.35. The molecule has 0 spiro atoms. The van der Waals surface area contributed by atoms with Crippen LogP contribution in [0, 0.1) is 29.1 Å². The van der Waals surface area contributed by atoms with Gasteiger partial charge in [0.1, 0.15) is 28.9 Å². The first-order valence-electron chi connectivity index (χ1n) is 20.6. The minimum Gasteiger partial charge on any atom is -0.494 e. The van der Waals surface area contributed by atoms with E-state index in [1.807, 2.05) is 50.3 Å². The van der Waals surface area contributed by atoms with Crippen LogP contribution >= 0.6 is 0 Å². The van der Waals surface area contributed by atoms with E-state index in [1.165, 1.54) is 4.90 Å². The number of carbonyl (C=O) groups is 4. The zero-order valence-electron chi connectivity index (χ0n) is 33.9. The van der Waals surface area contributed by atoms with Gasteiger partial charge in [0.2, 0.25) is 27.7 Å². The second kappa shape index (κ2) is 16.5. The van der Waals surface area contributed by atoms with Crippen LogP contribution in [0.5, 0.6) is 11.6 Å². The van der Waals surface area contributed by atoms with Crippen molar-refractivity contribution in [1.82, 2.24) is 14.6 Å². The molecule has 1 N–H and O–H groups in total. The van der Waals surface area contributed by atoms with Crippen molar-refractivity contribution in [2.24, 2.45) is 29.1 Å². The summed E-state index contributed by atoms with van der Waals surface area (Å²) in [6.45, 7) is 5.64. The number of pyridine rings is 1. The second-order valence-corrected chi connectivity index (χ2v) is 19.8. The van der Waals surface area contributed by atoms with Crippen molar-refractivity contribution in [1.29, 1.82) is 0 Å². The molecule has 8 atom stereocenters. The summed E-state index contributed by atoms with van der Waals surface area (Å²) in [6.07, 6.45) is 8.15. The Kier molecular flexibility index (Phi) is 12.0. The van der Waals surface area contributed by atoms with Crippen molar-refractivity contribution < 1.29 is 50.9 Å². The number of carbonyl (C=O) groups excluding carboxylic acids is 4. The number of rotatable bonds is 10. The third-order valence-electron chi connectivity index (χ3n) is 13.2. The van der Waals surface area contributed by atoms with Gasteiger partial charge in [-0.1, -0.05) is 44.2 Å². The Morgan fingerprint density at radius 1 is 1.10 bits per heavy atom. The van der Waals surface area contributed by atoms with Crippen LogP contribution in [0.3, 0.4) is 0 Å². The number of Topliss-reactive ketones (excluding diaryl/α,β-unsaturated/α-hetero) is 1. The van der Waals surface area contributed by atoms with Crippen LogP contribution in [0.2, 0.25) is 0 Å². The first-order valence-corrected chi connectivity index (χ1v) is 22.1. The van der Waals surface area contributed by atoms with E-state index < -0.39 is 80.0 Å². The van der Waals surface area contributed by atoms with E-state index in [-0.39, 0.29) is 63.5 Å². The van der Waals surface area contributed by atoms with Gasteiger partial charge in [0.25, 0.3) is 0 Å². The Labute approximate surface area is 339 Å². The molecule has 13 nitrogen and oxygen atoms in total. The maximum absolute atomic E-state index is 15.0. The van der Waals surface area contributed by atoms with Crippen LogP contribution in [0.1, 0.15) is 91.4 Å². The first kappa shape index (κ1) is 42.0. The molecule has 2 aliphatic carbocycles. The number of esters is 1. The zero-order chi connectivity index (χ0) is 41.5. The SMILES string of the molecule is COc1cnc(O[C@@H]2C[C@H]3C(=O)C[C@]4(C(=O)NS(=O)(=O)C5(CF)CC5)C[C@H]4/C=C\CC[C@@H](C)C[C@@H](C)[C@H](CC(=O)OC4(C)CCCOC4)C(=O)N3C2)c2ccccc12. The number of aromatic nitrogens is 1. The number of halogens is 1. The number of ketones is 1. The number of sulfonamides is 1. The predicted octanol–water partition coefficient (Wildman–Crippen LogP) is 5.64. The van der Waals surface area contributed by atoms with Crippen LogP contribution < -0.4 is 14.2 Å². The Balaban J connectivity index is 1.21. The number of methoxy groups -OCH3 is 1. The highest BCUT2D eigenvalue weighted by Crippen LogP contribution is 2.58. The Hall–Kier alpha value is -4.11. The Morgan fingerprint density at radius 3 is 2.55 bits per heavy atom. The van der Waals surface area contributed by atoms with E-state index in [9.17, 15) is 27.2 Å². The first-order chi connectivity index (χ1) is 27.6. The quantitative estimate of drug-likeness (QED) is 0.233. The lowest BCUT2D eigenvalue weighted by Crippen LogP contribution is -2.48. The smallest absolute Gasteiger partial charge is 0.307 e. The van der Waals surface area contributed by atoms with Crippen LogP contribution in [0.15, 0.2) is 42.6 Å². The number of hydrogen-bond donors (Lipinski definition) is 1. The number of nitrogens with zero attached hydrogens (tertiary/aromatic N) is 2. The molecule has 2 saturated heterocycles. The van der Waals surface area contributed by atoms with Crippen LogP contribution in [0.4, 0.5) is 4.39 Å². The molecule has 4 heterocycles. The number of amides is 2. The fraction of sp³-hybridized carbons (Fsp3) is 0.651. The molecule has 58 heavy (non-hydrogen) atoms. The molecule has 1 aromatic carbocycles. The second-order valence-electron chi connectivity index (χ2n) is 17.7. The van der Waals surface area contributed by atoms with E-state index in [0.717, 1.165) is 18.2 Å². The molecule has 0 bridgehead atoms. The fourth-order valence-corrected chi connectivity index (χ4v) is 10.7. The van der Waals surface area contributed by atoms with Gasteiger partial charge >= 0.3 is 5.97 Å². The summed E-state index contributed by atoms with van der Waals surface area (Å²) in [4.78, 5) is 63.5. The molecule has 2 amide bonds. The molecule has 7 rings (SSSR count). The summed E-state index contributed by atoms with van der Waals surface area (Å²) in [5.74, 6) is -2.67. The van der Waals surface area contributed by atoms with Gasteiger partial charge in [-0.05, 0) is 82.1 Å². The van der Waals surface area contributed by atoms with Crippen molar-refractivity contribution in [2.45, 2.75) is 114 Å². The largest absolute Gasteiger partial charge is 0.494 e. The number of hydrogen-bond acceptors (Lipinski definition) is 11. The molecule has 2 saturated carbocycles. The third-order valence-corrected chi connectivity index (χ3v) is 15.3. The highest BCUT2D eigenvalue weighted by Gasteiger charge is 2.63. The number of fused-ring (bicyclic) bond motifs is 3. The van der Waals surface area contributed by atoms with Crippen molar-refractivity contribution in [3.63, 3.8) is 0 Å². The predicted molar refractivity (Wildman–Crippen MR) is 212 cm³/mol. The van der Waals surface area contributed by atoms with Gasteiger partial charge in [-0.3, -0.25) is 23.9 Å². The van der Waals surface area contributed by atoms with Crippen molar-refractivity contribution in [2.75, 3.05) is 33.5 Å². The molecule has 2 aromatic rings. The average Bonchev–Trinajstić information content (AvgIpc) is 4.10. The van der Waals surface area contributed by atoms with E-state index in [0.29, 0.717) is 42.9 Å². The van der Waals surface area contributed by atoms with E-state index in [1.54, 1.807) is 13.3 Å². The van der Waals surface area contributed by atoms with Crippen LogP contribution in [-0.4, -0.2) is 97.9 Å². The highest BCUT2D eigenvalue weighted by atomic mass is 32.2. The molecule has 0 radical (unpaired) electrons. The van der Waals surface area contributed by atoms with Crippen molar-refractivity contribution >= 4 is 44.4 Å². The fourth-order valence-electron chi connectivity index (χ4n) is 9.28.